The standard InChI is InChI=1S/C18H18N4O2/c1-21-11-20-15-8-13(9-19-17(15)21)18(23)22-10-14(24-2)7-12-5-3-4-6-16(12)22/h3-6,8-9,11,14H,7,10H2,1-2H3. The number of para-hydroxylation sites is 1. The zero-order valence-corrected chi connectivity index (χ0v) is 13.6. The number of hydrogen-bond donors (Lipinski definition) is 0. The third kappa shape index (κ3) is 2.35. The summed E-state index contributed by atoms with van der Waals surface area (Å²) in [5.41, 5.74) is 4.08. The molecule has 0 spiro atoms. The molecule has 2 aromatic heterocycles. The third-order valence-electron chi connectivity index (χ3n) is 4.49. The van der Waals surface area contributed by atoms with Crippen LogP contribution in [0.25, 0.3) is 11.2 Å². The summed E-state index contributed by atoms with van der Waals surface area (Å²) < 4.78 is 7.35. The maximum atomic E-state index is 13.1. The molecular weight excluding hydrogens is 304 g/mol. The van der Waals surface area contributed by atoms with Gasteiger partial charge in [-0.1, -0.05) is 18.2 Å². The topological polar surface area (TPSA) is 60.2 Å². The number of rotatable bonds is 2. The molecule has 0 bridgehead atoms. The molecule has 3 heterocycles. The average Bonchev–Trinajstić information content (AvgIpc) is 3.00. The highest BCUT2D eigenvalue weighted by molar-refractivity contribution is 6.07. The van der Waals surface area contributed by atoms with Crippen molar-refractivity contribution >= 4 is 22.8 Å². The van der Waals surface area contributed by atoms with Crippen molar-refractivity contribution in [1.82, 2.24) is 14.5 Å². The molecule has 24 heavy (non-hydrogen) atoms. The number of pyridine rings is 1. The van der Waals surface area contributed by atoms with Gasteiger partial charge in [-0.3, -0.25) is 4.79 Å². The van der Waals surface area contributed by atoms with Crippen LogP contribution in [0.4, 0.5) is 5.69 Å². The van der Waals surface area contributed by atoms with Gasteiger partial charge in [0.05, 0.1) is 24.5 Å². The summed E-state index contributed by atoms with van der Waals surface area (Å²) in [6.45, 7) is 0.534. The lowest BCUT2D eigenvalue weighted by Crippen LogP contribution is -2.43. The fourth-order valence-corrected chi connectivity index (χ4v) is 3.20. The Labute approximate surface area is 139 Å². The van der Waals surface area contributed by atoms with Crippen LogP contribution in [0.3, 0.4) is 0 Å². The monoisotopic (exact) mass is 322 g/mol. The predicted molar refractivity (Wildman–Crippen MR) is 91.1 cm³/mol. The fourth-order valence-electron chi connectivity index (χ4n) is 3.20. The second-order valence-electron chi connectivity index (χ2n) is 6.03. The predicted octanol–water partition coefficient (Wildman–Crippen LogP) is 2.19. The number of carbonyl (C=O) groups excluding carboxylic acids is 1. The van der Waals surface area contributed by atoms with Gasteiger partial charge in [0.2, 0.25) is 0 Å². The number of aromatic nitrogens is 3. The first-order chi connectivity index (χ1) is 11.7. The molecule has 0 radical (unpaired) electrons. The summed E-state index contributed by atoms with van der Waals surface area (Å²) in [6, 6.07) is 9.75. The van der Waals surface area contributed by atoms with Crippen molar-refractivity contribution in [2.24, 2.45) is 7.05 Å². The van der Waals surface area contributed by atoms with Crippen molar-refractivity contribution in [1.29, 1.82) is 0 Å². The van der Waals surface area contributed by atoms with Crippen LogP contribution in [-0.2, 0) is 18.2 Å². The Hall–Kier alpha value is -2.73. The highest BCUT2D eigenvalue weighted by Crippen LogP contribution is 2.29. The minimum Gasteiger partial charge on any atom is -0.379 e. The van der Waals surface area contributed by atoms with Crippen molar-refractivity contribution in [2.45, 2.75) is 12.5 Å². The van der Waals surface area contributed by atoms with Gasteiger partial charge in [-0.25, -0.2) is 9.97 Å². The molecule has 0 N–H and O–H groups in total. The second kappa shape index (κ2) is 5.72. The lowest BCUT2D eigenvalue weighted by Gasteiger charge is -2.34. The Kier molecular flexibility index (Phi) is 3.54. The molecule has 0 aliphatic carbocycles. The molecule has 0 saturated carbocycles. The lowest BCUT2D eigenvalue weighted by atomic mass is 9.99. The Bertz CT molecular complexity index is 918. The summed E-state index contributed by atoms with van der Waals surface area (Å²) in [7, 11) is 3.57. The van der Waals surface area contributed by atoms with E-state index in [1.807, 2.05) is 35.9 Å². The van der Waals surface area contributed by atoms with E-state index in [-0.39, 0.29) is 12.0 Å². The van der Waals surface area contributed by atoms with Gasteiger partial charge in [-0.2, -0.15) is 0 Å². The molecule has 0 fully saturated rings. The molecule has 4 rings (SSSR count). The van der Waals surface area contributed by atoms with Crippen LogP contribution in [0.2, 0.25) is 0 Å². The Morgan fingerprint density at radius 2 is 2.12 bits per heavy atom. The molecule has 3 aromatic rings. The van der Waals surface area contributed by atoms with Gasteiger partial charge >= 0.3 is 0 Å². The van der Waals surface area contributed by atoms with Gasteiger partial charge in [0.25, 0.3) is 5.91 Å². The number of carbonyl (C=O) groups is 1. The van der Waals surface area contributed by atoms with E-state index in [4.69, 9.17) is 4.74 Å². The van der Waals surface area contributed by atoms with Crippen molar-refractivity contribution in [3.63, 3.8) is 0 Å². The number of amides is 1. The van der Waals surface area contributed by atoms with Crippen LogP contribution in [0.15, 0.2) is 42.9 Å². The second-order valence-corrected chi connectivity index (χ2v) is 6.03. The molecular formula is C18H18N4O2. The molecule has 1 atom stereocenters. The van der Waals surface area contributed by atoms with Crippen LogP contribution in [0.5, 0.6) is 0 Å². The number of ether oxygens (including phenoxy) is 1. The minimum absolute atomic E-state index is 0.00427. The molecule has 6 heteroatoms. The minimum atomic E-state index is -0.0794. The van der Waals surface area contributed by atoms with Crippen molar-refractivity contribution < 1.29 is 9.53 Å². The smallest absolute Gasteiger partial charge is 0.260 e. The van der Waals surface area contributed by atoms with E-state index >= 15 is 0 Å². The van der Waals surface area contributed by atoms with E-state index in [0.29, 0.717) is 12.1 Å². The summed E-state index contributed by atoms with van der Waals surface area (Å²) in [4.78, 5) is 23.5. The molecule has 1 aromatic carbocycles. The summed E-state index contributed by atoms with van der Waals surface area (Å²) >= 11 is 0. The largest absolute Gasteiger partial charge is 0.379 e. The number of fused-ring (bicyclic) bond motifs is 2. The van der Waals surface area contributed by atoms with Crippen LogP contribution < -0.4 is 4.90 Å². The molecule has 122 valence electrons. The average molecular weight is 322 g/mol. The molecule has 1 amide bonds. The van der Waals surface area contributed by atoms with Crippen LogP contribution in [-0.4, -0.2) is 40.2 Å². The maximum absolute atomic E-state index is 13.1. The SMILES string of the molecule is COC1Cc2ccccc2N(C(=O)c2cnc3c(c2)ncn3C)C1. The van der Waals surface area contributed by atoms with E-state index in [2.05, 4.69) is 9.97 Å². The quantitative estimate of drug-likeness (QED) is 0.725. The summed E-state index contributed by atoms with van der Waals surface area (Å²) in [5.74, 6) is -0.0794. The number of anilines is 1. The summed E-state index contributed by atoms with van der Waals surface area (Å²) in [6.07, 6.45) is 4.12. The molecule has 1 aliphatic heterocycles. The van der Waals surface area contributed by atoms with Gasteiger partial charge in [-0.05, 0) is 17.7 Å². The van der Waals surface area contributed by atoms with Crippen LogP contribution in [0.1, 0.15) is 15.9 Å². The van der Waals surface area contributed by atoms with Crippen molar-refractivity contribution in [2.75, 3.05) is 18.6 Å². The zero-order valence-electron chi connectivity index (χ0n) is 13.6. The van der Waals surface area contributed by atoms with E-state index in [1.54, 1.807) is 30.6 Å². The normalized spacial score (nSPS) is 17.1. The maximum Gasteiger partial charge on any atom is 0.260 e. The van der Waals surface area contributed by atoms with E-state index in [0.717, 1.165) is 28.8 Å². The highest BCUT2D eigenvalue weighted by Gasteiger charge is 2.29. The number of aryl methyl sites for hydroxylation is 1. The molecule has 1 aliphatic rings. The van der Waals surface area contributed by atoms with Crippen molar-refractivity contribution in [3.8, 4) is 0 Å². The first-order valence-electron chi connectivity index (χ1n) is 7.87. The first-order valence-corrected chi connectivity index (χ1v) is 7.87. The van der Waals surface area contributed by atoms with Gasteiger partial charge in [0.15, 0.2) is 5.65 Å². The van der Waals surface area contributed by atoms with Gasteiger partial charge in [0.1, 0.15) is 5.52 Å². The molecule has 1 unspecified atom stereocenters. The van der Waals surface area contributed by atoms with E-state index < -0.39 is 0 Å². The Balaban J connectivity index is 1.74. The number of benzene rings is 1. The van der Waals surface area contributed by atoms with Crippen LogP contribution >= 0.6 is 0 Å². The fraction of sp³-hybridized carbons (Fsp3) is 0.278. The van der Waals surface area contributed by atoms with E-state index in [9.17, 15) is 4.79 Å². The highest BCUT2D eigenvalue weighted by atomic mass is 16.5. The zero-order chi connectivity index (χ0) is 16.7. The first kappa shape index (κ1) is 14.8. The number of methoxy groups -OCH3 is 1. The Morgan fingerprint density at radius 1 is 1.29 bits per heavy atom. The molecule has 0 saturated heterocycles. The van der Waals surface area contributed by atoms with Gasteiger partial charge in [-0.15, -0.1) is 0 Å². The number of imidazole rings is 1. The number of hydrogen-bond acceptors (Lipinski definition) is 4. The third-order valence-corrected chi connectivity index (χ3v) is 4.49. The Morgan fingerprint density at radius 3 is 2.96 bits per heavy atom. The number of nitrogens with zero attached hydrogens (tertiary/aromatic N) is 4. The van der Waals surface area contributed by atoms with Crippen LogP contribution in [0, 0.1) is 0 Å². The van der Waals surface area contributed by atoms with Crippen molar-refractivity contribution in [3.05, 3.63) is 54.0 Å². The summed E-state index contributed by atoms with van der Waals surface area (Å²) in [5, 5.41) is 0. The van der Waals surface area contributed by atoms with Gasteiger partial charge < -0.3 is 14.2 Å². The lowest BCUT2D eigenvalue weighted by molar-refractivity contribution is 0.0870. The van der Waals surface area contributed by atoms with E-state index in [1.165, 1.54) is 0 Å². The van der Waals surface area contributed by atoms with Gasteiger partial charge in [0, 0.05) is 32.5 Å². The molecule has 6 nitrogen and oxygen atoms in total.